The third-order valence-electron chi connectivity index (χ3n) is 7.28. The van der Waals surface area contributed by atoms with Crippen LogP contribution in [-0.2, 0) is 22.6 Å². The van der Waals surface area contributed by atoms with Crippen molar-refractivity contribution in [1.29, 1.82) is 0 Å². The molecule has 1 aliphatic rings. The van der Waals surface area contributed by atoms with Crippen molar-refractivity contribution in [3.63, 3.8) is 0 Å². The second-order valence-corrected chi connectivity index (χ2v) is 10.9. The Balaban J connectivity index is 1.51. The molecule has 0 radical (unpaired) electrons. The van der Waals surface area contributed by atoms with Gasteiger partial charge in [-0.15, -0.1) is 0 Å². The molecule has 0 spiro atoms. The average molecular weight is 547 g/mol. The standard InChI is InChI=1S/C33H39ClN2O3/c1-25-10-8-13-27(22-25)24-36(32(37)16-9-21-39-30-19-17-28(34)18-20-30)31(23-26-11-4-2-5-12-26)33(38)35-29-14-6-3-7-15-29/h2,4-5,8,10-13,17-20,22,29,31H,3,6-7,9,14-16,21,23-24H2,1H3,(H,35,38)/t31-/m0/s1. The zero-order valence-electron chi connectivity index (χ0n) is 22.8. The molecule has 0 saturated heterocycles. The number of amides is 2. The summed E-state index contributed by atoms with van der Waals surface area (Å²) >= 11 is 5.96. The first-order valence-electron chi connectivity index (χ1n) is 14.1. The minimum absolute atomic E-state index is 0.0454. The van der Waals surface area contributed by atoms with E-state index in [2.05, 4.69) is 11.4 Å². The van der Waals surface area contributed by atoms with Crippen LogP contribution in [-0.4, -0.2) is 35.4 Å². The van der Waals surface area contributed by atoms with E-state index in [1.54, 1.807) is 17.0 Å². The minimum Gasteiger partial charge on any atom is -0.494 e. The van der Waals surface area contributed by atoms with Crippen LogP contribution < -0.4 is 10.1 Å². The lowest BCUT2D eigenvalue weighted by Gasteiger charge is -2.33. The van der Waals surface area contributed by atoms with E-state index in [9.17, 15) is 9.59 Å². The Bertz CT molecular complexity index is 1190. The van der Waals surface area contributed by atoms with Gasteiger partial charge < -0.3 is 15.0 Å². The monoisotopic (exact) mass is 546 g/mol. The molecule has 0 aromatic heterocycles. The highest BCUT2D eigenvalue weighted by atomic mass is 35.5. The summed E-state index contributed by atoms with van der Waals surface area (Å²) < 4.78 is 5.82. The van der Waals surface area contributed by atoms with Gasteiger partial charge in [0.05, 0.1) is 6.61 Å². The van der Waals surface area contributed by atoms with Crippen molar-refractivity contribution in [2.75, 3.05) is 6.61 Å². The first kappa shape index (κ1) is 28.7. The number of halogens is 1. The fourth-order valence-corrected chi connectivity index (χ4v) is 5.32. The Morgan fingerprint density at radius 1 is 0.949 bits per heavy atom. The lowest BCUT2D eigenvalue weighted by Crippen LogP contribution is -2.52. The van der Waals surface area contributed by atoms with Crippen molar-refractivity contribution in [2.45, 2.75) is 76.9 Å². The Morgan fingerprint density at radius 3 is 2.38 bits per heavy atom. The van der Waals surface area contributed by atoms with Crippen LogP contribution in [0.25, 0.3) is 0 Å². The molecule has 0 bridgehead atoms. The molecule has 6 heteroatoms. The number of rotatable bonds is 12. The third kappa shape index (κ3) is 9.14. The number of nitrogens with zero attached hydrogens (tertiary/aromatic N) is 1. The number of nitrogens with one attached hydrogen (secondary N) is 1. The van der Waals surface area contributed by atoms with Gasteiger partial charge in [-0.1, -0.05) is 91.0 Å². The molecule has 4 rings (SSSR count). The maximum atomic E-state index is 13.8. The van der Waals surface area contributed by atoms with Crippen molar-refractivity contribution in [1.82, 2.24) is 10.2 Å². The van der Waals surface area contributed by atoms with Crippen LogP contribution >= 0.6 is 11.6 Å². The number of ether oxygens (including phenoxy) is 1. The van der Waals surface area contributed by atoms with Gasteiger partial charge in [-0.25, -0.2) is 0 Å². The van der Waals surface area contributed by atoms with Gasteiger partial charge in [-0.05, 0) is 61.6 Å². The smallest absolute Gasteiger partial charge is 0.243 e. The van der Waals surface area contributed by atoms with E-state index in [0.29, 0.717) is 37.4 Å². The molecular formula is C33H39ClN2O3. The van der Waals surface area contributed by atoms with E-state index in [1.807, 2.05) is 67.6 Å². The fraction of sp³-hybridized carbons (Fsp3) is 0.394. The number of aryl methyl sites for hydroxylation is 1. The maximum absolute atomic E-state index is 13.8. The highest BCUT2D eigenvalue weighted by Crippen LogP contribution is 2.21. The van der Waals surface area contributed by atoms with Gasteiger partial charge in [-0.2, -0.15) is 0 Å². The van der Waals surface area contributed by atoms with Gasteiger partial charge in [0.2, 0.25) is 11.8 Å². The summed E-state index contributed by atoms with van der Waals surface area (Å²) in [5, 5.41) is 3.95. The zero-order chi connectivity index (χ0) is 27.5. The molecule has 39 heavy (non-hydrogen) atoms. The van der Waals surface area contributed by atoms with Crippen LogP contribution in [0, 0.1) is 6.92 Å². The van der Waals surface area contributed by atoms with E-state index < -0.39 is 6.04 Å². The van der Waals surface area contributed by atoms with Gasteiger partial charge in [0.15, 0.2) is 0 Å². The Kier molecular flexibility index (Phi) is 10.8. The SMILES string of the molecule is Cc1cccc(CN(C(=O)CCCOc2ccc(Cl)cc2)[C@@H](Cc2ccccc2)C(=O)NC2CCCCC2)c1. The lowest BCUT2D eigenvalue weighted by molar-refractivity contribution is -0.141. The number of benzene rings is 3. The molecule has 3 aromatic carbocycles. The summed E-state index contributed by atoms with van der Waals surface area (Å²) in [6.45, 7) is 2.83. The summed E-state index contributed by atoms with van der Waals surface area (Å²) in [6, 6.07) is 24.9. The molecule has 1 fully saturated rings. The first-order chi connectivity index (χ1) is 19.0. The number of carbonyl (C=O) groups is 2. The Hall–Kier alpha value is -3.31. The molecule has 1 N–H and O–H groups in total. The molecule has 1 aliphatic carbocycles. The molecule has 0 unspecified atom stereocenters. The largest absolute Gasteiger partial charge is 0.494 e. The molecule has 0 heterocycles. The average Bonchev–Trinajstić information content (AvgIpc) is 2.95. The van der Waals surface area contributed by atoms with Crippen LogP contribution in [0.1, 0.15) is 61.6 Å². The first-order valence-corrected chi connectivity index (χ1v) is 14.4. The summed E-state index contributed by atoms with van der Waals surface area (Å²) in [5.41, 5.74) is 3.18. The quantitative estimate of drug-likeness (QED) is 0.251. The molecule has 3 aromatic rings. The van der Waals surface area contributed by atoms with E-state index in [0.717, 1.165) is 48.1 Å². The lowest BCUT2D eigenvalue weighted by atomic mass is 9.94. The van der Waals surface area contributed by atoms with E-state index >= 15 is 0 Å². The topological polar surface area (TPSA) is 58.6 Å². The van der Waals surface area contributed by atoms with E-state index in [-0.39, 0.29) is 17.9 Å². The molecule has 0 aliphatic heterocycles. The van der Waals surface area contributed by atoms with Gasteiger partial charge in [0.25, 0.3) is 0 Å². The molecular weight excluding hydrogens is 508 g/mol. The highest BCUT2D eigenvalue weighted by Gasteiger charge is 2.31. The predicted molar refractivity (Wildman–Crippen MR) is 157 cm³/mol. The third-order valence-corrected chi connectivity index (χ3v) is 7.53. The second-order valence-electron chi connectivity index (χ2n) is 10.5. The minimum atomic E-state index is -0.598. The molecule has 1 atom stereocenters. The van der Waals surface area contributed by atoms with Gasteiger partial charge in [-0.3, -0.25) is 9.59 Å². The molecule has 1 saturated carbocycles. The van der Waals surface area contributed by atoms with E-state index in [4.69, 9.17) is 16.3 Å². The van der Waals surface area contributed by atoms with Crippen LogP contribution in [0.3, 0.4) is 0 Å². The number of hydrogen-bond donors (Lipinski definition) is 1. The van der Waals surface area contributed by atoms with Crippen molar-refractivity contribution in [2.24, 2.45) is 0 Å². The highest BCUT2D eigenvalue weighted by molar-refractivity contribution is 6.30. The molecule has 5 nitrogen and oxygen atoms in total. The molecule has 2 amide bonds. The summed E-state index contributed by atoms with van der Waals surface area (Å²) in [6.07, 6.45) is 6.79. The molecule has 206 valence electrons. The van der Waals surface area contributed by atoms with Gasteiger partial charge >= 0.3 is 0 Å². The summed E-state index contributed by atoms with van der Waals surface area (Å²) in [5.74, 6) is 0.609. The van der Waals surface area contributed by atoms with Crippen LogP contribution in [0.2, 0.25) is 5.02 Å². The maximum Gasteiger partial charge on any atom is 0.243 e. The summed E-state index contributed by atoms with van der Waals surface area (Å²) in [7, 11) is 0. The van der Waals surface area contributed by atoms with E-state index in [1.165, 1.54) is 6.42 Å². The Morgan fingerprint density at radius 2 is 1.67 bits per heavy atom. The predicted octanol–water partition coefficient (Wildman–Crippen LogP) is 6.90. The number of hydrogen-bond acceptors (Lipinski definition) is 3. The second kappa shape index (κ2) is 14.7. The Labute approximate surface area is 237 Å². The zero-order valence-corrected chi connectivity index (χ0v) is 23.5. The van der Waals surface area contributed by atoms with Crippen molar-refractivity contribution in [3.8, 4) is 5.75 Å². The van der Waals surface area contributed by atoms with Crippen molar-refractivity contribution < 1.29 is 14.3 Å². The van der Waals surface area contributed by atoms with Crippen molar-refractivity contribution in [3.05, 3.63) is 101 Å². The number of carbonyl (C=O) groups excluding carboxylic acids is 2. The summed E-state index contributed by atoms with van der Waals surface area (Å²) in [4.78, 5) is 29.4. The van der Waals surface area contributed by atoms with Crippen LogP contribution in [0.5, 0.6) is 5.75 Å². The van der Waals surface area contributed by atoms with Gasteiger partial charge in [0, 0.05) is 30.5 Å². The van der Waals surface area contributed by atoms with Crippen LogP contribution in [0.15, 0.2) is 78.9 Å². The van der Waals surface area contributed by atoms with Gasteiger partial charge in [0.1, 0.15) is 11.8 Å². The normalized spacial score (nSPS) is 14.4. The fourth-order valence-electron chi connectivity index (χ4n) is 5.19. The van der Waals surface area contributed by atoms with Crippen LogP contribution in [0.4, 0.5) is 0 Å². The van der Waals surface area contributed by atoms with Crippen molar-refractivity contribution >= 4 is 23.4 Å².